The van der Waals surface area contributed by atoms with Crippen molar-refractivity contribution in [3.05, 3.63) is 119 Å². The molecule has 304 valence electrons. The van der Waals surface area contributed by atoms with E-state index >= 15 is 0 Å². The minimum Gasteiger partial charge on any atom is -0.436 e. The molecule has 3 atom stereocenters. The van der Waals surface area contributed by atoms with Crippen molar-refractivity contribution in [2.24, 2.45) is 17.8 Å². The number of fused-ring (bicyclic) bond motifs is 4. The minimum atomic E-state index is -1.04. The highest BCUT2D eigenvalue weighted by molar-refractivity contribution is 5.82. The molecule has 0 aliphatic heterocycles. The Bertz CT molecular complexity index is 2490. The Morgan fingerprint density at radius 1 is 0.915 bits per heavy atom. The van der Waals surface area contributed by atoms with E-state index in [-0.39, 0.29) is 41.1 Å². The van der Waals surface area contributed by atoms with Crippen molar-refractivity contribution in [1.82, 2.24) is 14.6 Å². The van der Waals surface area contributed by atoms with Crippen LogP contribution >= 0.6 is 0 Å². The lowest BCUT2D eigenvalue weighted by molar-refractivity contribution is -0.563. The summed E-state index contributed by atoms with van der Waals surface area (Å²) >= 11 is 0. The van der Waals surface area contributed by atoms with Gasteiger partial charge in [-0.15, -0.1) is 9.08 Å². The second-order valence-electron chi connectivity index (χ2n) is 16.6. The zero-order chi connectivity index (χ0) is 41.5. The van der Waals surface area contributed by atoms with Crippen LogP contribution in [0.3, 0.4) is 0 Å². The number of anilines is 3. The van der Waals surface area contributed by atoms with Gasteiger partial charge in [-0.2, -0.15) is 5.26 Å². The van der Waals surface area contributed by atoms with E-state index in [1.54, 1.807) is 4.52 Å². The third kappa shape index (κ3) is 7.04. The van der Waals surface area contributed by atoms with E-state index in [0.29, 0.717) is 23.9 Å². The molecule has 59 heavy (non-hydrogen) atoms. The van der Waals surface area contributed by atoms with Crippen molar-refractivity contribution in [2.75, 3.05) is 22.9 Å². The average Bonchev–Trinajstić information content (AvgIpc) is 3.89. The molecule has 0 amide bonds. The molecule has 8 rings (SSSR count). The fraction of sp³-hybridized carbons (Fsp3) is 0.375. The van der Waals surface area contributed by atoms with E-state index in [1.807, 2.05) is 73.3 Å². The predicted octanol–water partition coefficient (Wildman–Crippen LogP) is 10.2. The zero-order valence-corrected chi connectivity index (χ0v) is 35.0. The van der Waals surface area contributed by atoms with Crippen LogP contribution in [0.15, 0.2) is 91.0 Å². The second-order valence-corrected chi connectivity index (χ2v) is 16.6. The third-order valence-corrected chi connectivity index (χ3v) is 12.7. The molecule has 3 unspecified atom stereocenters. The van der Waals surface area contributed by atoms with Gasteiger partial charge in [0.05, 0.1) is 5.69 Å². The van der Waals surface area contributed by atoms with Gasteiger partial charge in [0.1, 0.15) is 12.2 Å². The molecule has 0 bridgehead atoms. The number of hydrogen-bond donors (Lipinski definition) is 2. The fourth-order valence-corrected chi connectivity index (χ4v) is 10.00. The standard InChI is InChI=1S/C48H53N7O4/c1-8-52(9-2)34-22-23-41(31(5)26-34)53(43(59-57)27-40-38-20-14-12-18-36(38)37-19-13-15-21-39(37)40)46-42(28-49)54(48(56)58-44-32(6)24-29(3)25-33(44)7)47-50-45(51-55(46)47)35-17-11-10-16-30(35)4/h10-23,26,29,32-33,40,43-44,57H,8-9,24-25,27H2,1-7H3/p+1. The number of rotatable bonds is 11. The minimum absolute atomic E-state index is 0.00365. The molecule has 4 aromatic carbocycles. The van der Waals surface area contributed by atoms with Gasteiger partial charge < -0.3 is 9.64 Å². The number of carbonyl (C=O) groups excluding carboxylic acids is 1. The number of aromatic nitrogens is 4. The molecule has 1 fully saturated rings. The van der Waals surface area contributed by atoms with E-state index in [1.165, 1.54) is 4.57 Å². The SMILES string of the molecule is CCN(CC)c1ccc(N(c2c(C#N)n(C(=O)OC3C(C)CC(C)CC3C)c3nc(-c4ccccc4C)[nH][n+]23)C(CC2c3ccccc3-c3ccccc32)OO)c(C)c1. The van der Waals surface area contributed by atoms with Gasteiger partial charge in [0.15, 0.2) is 0 Å². The van der Waals surface area contributed by atoms with Gasteiger partial charge in [-0.25, -0.2) is 24.9 Å². The summed E-state index contributed by atoms with van der Waals surface area (Å²) in [4.78, 5) is 29.5. The zero-order valence-electron chi connectivity index (χ0n) is 35.0. The molecule has 11 nitrogen and oxygen atoms in total. The van der Waals surface area contributed by atoms with Crippen molar-refractivity contribution >= 4 is 29.1 Å². The number of nitriles is 1. The Morgan fingerprint density at radius 2 is 1.53 bits per heavy atom. The van der Waals surface area contributed by atoms with Crippen LogP contribution in [0, 0.1) is 42.9 Å². The highest BCUT2D eigenvalue weighted by Gasteiger charge is 2.44. The molecule has 0 saturated heterocycles. The number of imidazole rings is 1. The van der Waals surface area contributed by atoms with Crippen LogP contribution in [-0.4, -0.2) is 51.4 Å². The number of aryl methyl sites for hydroxylation is 2. The van der Waals surface area contributed by atoms with Crippen molar-refractivity contribution in [2.45, 2.75) is 86.0 Å². The van der Waals surface area contributed by atoms with Crippen LogP contribution in [0.5, 0.6) is 0 Å². The van der Waals surface area contributed by atoms with Crippen LogP contribution in [-0.2, 0) is 9.62 Å². The monoisotopic (exact) mass is 792 g/mol. The lowest BCUT2D eigenvalue weighted by atomic mass is 9.75. The van der Waals surface area contributed by atoms with E-state index in [0.717, 1.165) is 70.6 Å². The summed E-state index contributed by atoms with van der Waals surface area (Å²) in [5.74, 6) is 1.60. The molecule has 2 aromatic heterocycles. The van der Waals surface area contributed by atoms with Gasteiger partial charge in [0, 0.05) is 36.7 Å². The third-order valence-electron chi connectivity index (χ3n) is 12.7. The highest BCUT2D eigenvalue weighted by Crippen LogP contribution is 2.48. The lowest BCUT2D eigenvalue weighted by Gasteiger charge is -2.36. The van der Waals surface area contributed by atoms with E-state index in [9.17, 15) is 15.3 Å². The van der Waals surface area contributed by atoms with Gasteiger partial charge >= 0.3 is 11.9 Å². The van der Waals surface area contributed by atoms with Gasteiger partial charge in [-0.05, 0) is 116 Å². The van der Waals surface area contributed by atoms with E-state index < -0.39 is 12.3 Å². The average molecular weight is 793 g/mol. The van der Waals surface area contributed by atoms with Gasteiger partial charge in [0.25, 0.3) is 5.82 Å². The first kappa shape index (κ1) is 39.8. The largest absolute Gasteiger partial charge is 0.469 e. The number of nitrogens with zero attached hydrogens (tertiary/aromatic N) is 6. The van der Waals surface area contributed by atoms with Crippen LogP contribution < -0.4 is 14.3 Å². The first-order chi connectivity index (χ1) is 28.6. The van der Waals surface area contributed by atoms with Gasteiger partial charge in [-0.3, -0.25) is 0 Å². The smallest absolute Gasteiger partial charge is 0.436 e. The van der Waals surface area contributed by atoms with Crippen molar-refractivity contribution < 1.29 is 24.2 Å². The molecule has 2 N–H and O–H groups in total. The second kappa shape index (κ2) is 16.4. The number of ether oxygens (including phenoxy) is 1. The number of benzene rings is 4. The van der Waals surface area contributed by atoms with Crippen molar-refractivity contribution in [3.63, 3.8) is 0 Å². The summed E-state index contributed by atoms with van der Waals surface area (Å²) < 4.78 is 9.35. The molecule has 6 aromatic rings. The normalized spacial score (nSPS) is 19.2. The van der Waals surface area contributed by atoms with Crippen LogP contribution in [0.2, 0.25) is 0 Å². The summed E-state index contributed by atoms with van der Waals surface area (Å²) in [7, 11) is 0. The quantitative estimate of drug-likeness (QED) is 0.0575. The number of H-pyrrole nitrogens is 1. The maximum absolute atomic E-state index is 14.7. The summed E-state index contributed by atoms with van der Waals surface area (Å²) in [6.45, 7) is 16.4. The molecular formula is C48H54N7O4+. The lowest BCUT2D eigenvalue weighted by Crippen LogP contribution is -2.41. The Morgan fingerprint density at radius 3 is 2.10 bits per heavy atom. The molecule has 2 heterocycles. The van der Waals surface area contributed by atoms with E-state index in [2.05, 4.69) is 87.1 Å². The molecule has 11 heteroatoms. The summed E-state index contributed by atoms with van der Waals surface area (Å²) in [6.07, 6.45) is 0.116. The van der Waals surface area contributed by atoms with Crippen LogP contribution in [0.25, 0.3) is 28.3 Å². The topological polar surface area (TPSA) is 124 Å². The molecule has 1 saturated carbocycles. The molecule has 0 radical (unpaired) electrons. The number of nitrogens with one attached hydrogen (secondary N) is 1. The van der Waals surface area contributed by atoms with Crippen LogP contribution in [0.1, 0.15) is 87.7 Å². The Kier molecular flexibility index (Phi) is 11.0. The Labute approximate surface area is 346 Å². The van der Waals surface area contributed by atoms with Gasteiger partial charge in [-0.1, -0.05) is 92.5 Å². The molecule has 0 spiro atoms. The summed E-state index contributed by atoms with van der Waals surface area (Å²) in [6, 6.07) is 33.1. The van der Waals surface area contributed by atoms with Crippen molar-refractivity contribution in [1.29, 1.82) is 5.26 Å². The fourth-order valence-electron chi connectivity index (χ4n) is 10.00. The van der Waals surface area contributed by atoms with Crippen LogP contribution in [0.4, 0.5) is 22.0 Å². The Balaban J connectivity index is 1.35. The predicted molar refractivity (Wildman–Crippen MR) is 230 cm³/mol. The molecule has 2 aliphatic rings. The number of aromatic amines is 1. The Hall–Kier alpha value is -5.96. The molecular weight excluding hydrogens is 739 g/mol. The van der Waals surface area contributed by atoms with Crippen molar-refractivity contribution in [3.8, 4) is 28.6 Å². The summed E-state index contributed by atoms with van der Waals surface area (Å²) in [5.41, 5.74) is 8.95. The molecule has 2 aliphatic carbocycles. The maximum Gasteiger partial charge on any atom is 0.469 e. The highest BCUT2D eigenvalue weighted by atomic mass is 17.1. The number of hydrogen-bond acceptors (Lipinski definition) is 8. The summed E-state index contributed by atoms with van der Waals surface area (Å²) in [5, 5.41) is 25.9. The van der Waals surface area contributed by atoms with Gasteiger partial charge in [0.2, 0.25) is 17.7 Å². The first-order valence-corrected chi connectivity index (χ1v) is 20.9. The first-order valence-electron chi connectivity index (χ1n) is 20.9. The number of carbonyl (C=O) groups is 1. The van der Waals surface area contributed by atoms with E-state index in [4.69, 9.17) is 14.6 Å². The maximum atomic E-state index is 14.7.